The van der Waals surface area contributed by atoms with E-state index in [0.717, 1.165) is 38.8 Å². The van der Waals surface area contributed by atoms with Crippen LogP contribution in [0.15, 0.2) is 24.3 Å². The maximum Gasteiger partial charge on any atom is 0.317 e. The van der Waals surface area contributed by atoms with Crippen LogP contribution in [0.5, 0.6) is 5.75 Å². The summed E-state index contributed by atoms with van der Waals surface area (Å²) in [6.45, 7) is 1.45. The van der Waals surface area contributed by atoms with Crippen LogP contribution in [0.3, 0.4) is 0 Å². The van der Waals surface area contributed by atoms with Crippen LogP contribution >= 0.6 is 0 Å². The van der Waals surface area contributed by atoms with Gasteiger partial charge < -0.3 is 20.4 Å². The van der Waals surface area contributed by atoms with Gasteiger partial charge in [-0.25, -0.2) is 4.79 Å². The van der Waals surface area contributed by atoms with Gasteiger partial charge in [-0.3, -0.25) is 4.79 Å². The number of likely N-dealkylation sites (tertiary alicyclic amines) is 1. The third-order valence-electron chi connectivity index (χ3n) is 5.55. The Balaban J connectivity index is 1.44. The fourth-order valence-corrected chi connectivity index (χ4v) is 3.91. The van der Waals surface area contributed by atoms with Gasteiger partial charge in [-0.1, -0.05) is 12.1 Å². The van der Waals surface area contributed by atoms with Crippen molar-refractivity contribution in [2.45, 2.75) is 50.5 Å². The van der Waals surface area contributed by atoms with Crippen LogP contribution in [-0.2, 0) is 4.79 Å². The second-order valence-electron chi connectivity index (χ2n) is 7.19. The molecular weight excluding hydrogens is 320 g/mol. The highest BCUT2D eigenvalue weighted by atomic mass is 16.4. The van der Waals surface area contributed by atoms with E-state index >= 15 is 0 Å². The fraction of sp³-hybridized carbons (Fsp3) is 0.579. The molecule has 6 heteroatoms. The summed E-state index contributed by atoms with van der Waals surface area (Å²) < 4.78 is 0. The van der Waals surface area contributed by atoms with E-state index in [9.17, 15) is 14.7 Å². The molecule has 2 amide bonds. The number of benzene rings is 1. The van der Waals surface area contributed by atoms with Crippen LogP contribution < -0.4 is 5.32 Å². The van der Waals surface area contributed by atoms with E-state index in [4.69, 9.17) is 5.11 Å². The highest BCUT2D eigenvalue weighted by Crippen LogP contribution is 2.29. The standard InChI is InChI=1S/C19H26N2O4/c22-17-7-3-13(4-8-17)14-9-11-21(12-10-14)19(25)20-16-5-1-15(2-6-16)18(23)24/h3-4,7-8,14-16,22H,1-2,5-6,9-12H2,(H,20,25)(H,23,24). The highest BCUT2D eigenvalue weighted by Gasteiger charge is 2.29. The number of carboxylic acid groups (broad SMARTS) is 1. The van der Waals surface area contributed by atoms with Crippen molar-refractivity contribution in [1.82, 2.24) is 10.2 Å². The van der Waals surface area contributed by atoms with Gasteiger partial charge in [0.05, 0.1) is 5.92 Å². The molecule has 0 unspecified atom stereocenters. The molecule has 1 aliphatic carbocycles. The Hall–Kier alpha value is -2.24. The van der Waals surface area contributed by atoms with E-state index in [2.05, 4.69) is 5.32 Å². The maximum absolute atomic E-state index is 12.4. The molecule has 2 aliphatic rings. The molecule has 0 bridgehead atoms. The smallest absolute Gasteiger partial charge is 0.317 e. The summed E-state index contributed by atoms with van der Waals surface area (Å²) in [6.07, 6.45) is 4.61. The number of piperidine rings is 1. The second-order valence-corrected chi connectivity index (χ2v) is 7.19. The quantitative estimate of drug-likeness (QED) is 0.785. The van der Waals surface area contributed by atoms with Gasteiger partial charge in [0, 0.05) is 19.1 Å². The number of hydrogen-bond acceptors (Lipinski definition) is 3. The lowest BCUT2D eigenvalue weighted by atomic mass is 9.86. The topological polar surface area (TPSA) is 89.9 Å². The van der Waals surface area contributed by atoms with Gasteiger partial charge in [-0.2, -0.15) is 0 Å². The summed E-state index contributed by atoms with van der Waals surface area (Å²) in [6, 6.07) is 7.40. The monoisotopic (exact) mass is 346 g/mol. The molecule has 0 aromatic heterocycles. The minimum absolute atomic E-state index is 0.0251. The number of carbonyl (C=O) groups excluding carboxylic acids is 1. The predicted molar refractivity (Wildman–Crippen MR) is 93.6 cm³/mol. The maximum atomic E-state index is 12.4. The molecule has 1 aliphatic heterocycles. The lowest BCUT2D eigenvalue weighted by Gasteiger charge is -2.34. The largest absolute Gasteiger partial charge is 0.508 e. The molecule has 3 N–H and O–H groups in total. The molecule has 2 fully saturated rings. The summed E-state index contributed by atoms with van der Waals surface area (Å²) in [7, 11) is 0. The van der Waals surface area contributed by atoms with E-state index in [1.807, 2.05) is 17.0 Å². The second kappa shape index (κ2) is 7.76. The molecule has 136 valence electrons. The molecule has 0 atom stereocenters. The Morgan fingerprint density at radius 3 is 2.12 bits per heavy atom. The van der Waals surface area contributed by atoms with Crippen molar-refractivity contribution >= 4 is 12.0 Å². The number of nitrogens with zero attached hydrogens (tertiary/aromatic N) is 1. The fourth-order valence-electron chi connectivity index (χ4n) is 3.91. The number of phenols is 1. The average molecular weight is 346 g/mol. The third-order valence-corrected chi connectivity index (χ3v) is 5.55. The summed E-state index contributed by atoms with van der Waals surface area (Å²) in [4.78, 5) is 25.3. The number of aromatic hydroxyl groups is 1. The first-order valence-corrected chi connectivity index (χ1v) is 9.10. The zero-order valence-electron chi connectivity index (χ0n) is 14.4. The van der Waals surface area contributed by atoms with Crippen LogP contribution in [0.25, 0.3) is 0 Å². The number of urea groups is 1. The molecule has 1 saturated heterocycles. The summed E-state index contributed by atoms with van der Waals surface area (Å²) >= 11 is 0. The van der Waals surface area contributed by atoms with Crippen molar-refractivity contribution < 1.29 is 19.8 Å². The number of nitrogens with one attached hydrogen (secondary N) is 1. The zero-order chi connectivity index (χ0) is 17.8. The number of hydrogen-bond donors (Lipinski definition) is 3. The molecule has 1 aromatic carbocycles. The SMILES string of the molecule is O=C(O)C1CCC(NC(=O)N2CCC(c3ccc(O)cc3)CC2)CC1. The summed E-state index contributed by atoms with van der Waals surface area (Å²) in [5.41, 5.74) is 1.21. The molecule has 1 saturated carbocycles. The lowest BCUT2D eigenvalue weighted by Crippen LogP contribution is -2.48. The first-order chi connectivity index (χ1) is 12.0. The first-order valence-electron chi connectivity index (χ1n) is 9.10. The first kappa shape index (κ1) is 17.6. The highest BCUT2D eigenvalue weighted by molar-refractivity contribution is 5.75. The van der Waals surface area contributed by atoms with Crippen LogP contribution in [0.2, 0.25) is 0 Å². The van der Waals surface area contributed by atoms with E-state index in [1.54, 1.807) is 12.1 Å². The normalized spacial score (nSPS) is 24.7. The molecule has 1 heterocycles. The number of phenolic OH excluding ortho intramolecular Hbond substituents is 1. The molecule has 25 heavy (non-hydrogen) atoms. The Labute approximate surface area is 147 Å². The van der Waals surface area contributed by atoms with E-state index in [-0.39, 0.29) is 23.7 Å². The van der Waals surface area contributed by atoms with Gasteiger partial charge in [0.1, 0.15) is 5.75 Å². The van der Waals surface area contributed by atoms with Gasteiger partial charge in [-0.15, -0.1) is 0 Å². The van der Waals surface area contributed by atoms with Gasteiger partial charge in [0.25, 0.3) is 0 Å². The third kappa shape index (κ3) is 4.44. The van der Waals surface area contributed by atoms with Crippen LogP contribution in [-0.4, -0.2) is 46.2 Å². The number of carbonyl (C=O) groups is 2. The molecule has 0 radical (unpaired) electrons. The van der Waals surface area contributed by atoms with E-state index in [0.29, 0.717) is 18.8 Å². The van der Waals surface area contributed by atoms with Gasteiger partial charge >= 0.3 is 12.0 Å². The van der Waals surface area contributed by atoms with E-state index < -0.39 is 5.97 Å². The van der Waals surface area contributed by atoms with E-state index in [1.165, 1.54) is 5.56 Å². The molecule has 3 rings (SSSR count). The minimum Gasteiger partial charge on any atom is -0.508 e. The van der Waals surface area contributed by atoms with Crippen molar-refractivity contribution in [3.05, 3.63) is 29.8 Å². The number of rotatable bonds is 3. The zero-order valence-corrected chi connectivity index (χ0v) is 14.4. The van der Waals surface area contributed by atoms with Crippen molar-refractivity contribution in [1.29, 1.82) is 0 Å². The van der Waals surface area contributed by atoms with Crippen LogP contribution in [0.4, 0.5) is 4.79 Å². The Morgan fingerprint density at radius 2 is 1.56 bits per heavy atom. The van der Waals surface area contributed by atoms with Crippen molar-refractivity contribution in [2.75, 3.05) is 13.1 Å². The number of amides is 2. The predicted octanol–water partition coefficient (Wildman–Crippen LogP) is 2.92. The summed E-state index contributed by atoms with van der Waals surface area (Å²) in [5, 5.41) is 21.5. The van der Waals surface area contributed by atoms with Crippen molar-refractivity contribution in [3.63, 3.8) is 0 Å². The lowest BCUT2D eigenvalue weighted by molar-refractivity contribution is -0.142. The average Bonchev–Trinajstić information content (AvgIpc) is 2.63. The van der Waals surface area contributed by atoms with Crippen LogP contribution in [0.1, 0.15) is 50.0 Å². The van der Waals surface area contributed by atoms with Gasteiger partial charge in [0.15, 0.2) is 0 Å². The Bertz CT molecular complexity index is 600. The van der Waals surface area contributed by atoms with Crippen LogP contribution in [0, 0.1) is 5.92 Å². The minimum atomic E-state index is -0.721. The van der Waals surface area contributed by atoms with Crippen molar-refractivity contribution in [3.8, 4) is 5.75 Å². The number of aliphatic carboxylic acids is 1. The molecule has 1 aromatic rings. The number of carboxylic acids is 1. The summed E-state index contributed by atoms with van der Waals surface area (Å²) in [5.74, 6) is -0.274. The molecular formula is C19H26N2O4. The van der Waals surface area contributed by atoms with Crippen molar-refractivity contribution in [2.24, 2.45) is 5.92 Å². The Morgan fingerprint density at radius 1 is 0.960 bits per heavy atom. The van der Waals surface area contributed by atoms with Gasteiger partial charge in [-0.05, 0) is 62.1 Å². The van der Waals surface area contributed by atoms with Gasteiger partial charge in [0.2, 0.25) is 0 Å². The Kier molecular flexibility index (Phi) is 5.46. The molecule has 0 spiro atoms. The molecule has 6 nitrogen and oxygen atoms in total.